The average molecular weight is 321 g/mol. The van der Waals surface area contributed by atoms with Gasteiger partial charge in [0, 0.05) is 24.3 Å². The normalized spacial score (nSPS) is 19.5. The maximum atomic E-state index is 6.76. The van der Waals surface area contributed by atoms with E-state index in [2.05, 4.69) is 41.5 Å². The maximum Gasteiger partial charge on any atom is 0.166 e. The fourth-order valence-electron chi connectivity index (χ4n) is 2.59. The first kappa shape index (κ1) is 20.3. The van der Waals surface area contributed by atoms with Gasteiger partial charge >= 0.3 is 0 Å². The van der Waals surface area contributed by atoms with Crippen LogP contribution in [0.15, 0.2) is 0 Å². The molecule has 4 nitrogen and oxygen atoms in total. The fourth-order valence-corrected chi connectivity index (χ4v) is 6.25. The van der Waals surface area contributed by atoms with Crippen LogP contribution in [-0.2, 0) is 8.85 Å². The Morgan fingerprint density at radius 1 is 0.900 bits per heavy atom. The van der Waals surface area contributed by atoms with Crippen LogP contribution < -0.4 is 11.5 Å². The molecular weight excluding hydrogens is 284 g/mol. The van der Waals surface area contributed by atoms with Crippen LogP contribution in [0.4, 0.5) is 0 Å². The summed E-state index contributed by atoms with van der Waals surface area (Å²) in [5.74, 6) is 0. The number of hydrogen-bond donors (Lipinski definition) is 2. The van der Waals surface area contributed by atoms with Gasteiger partial charge in [-0.1, -0.05) is 26.7 Å². The minimum absolute atomic E-state index is 0.293. The lowest BCUT2D eigenvalue weighted by Gasteiger charge is -2.42. The second-order valence-corrected chi connectivity index (χ2v) is 9.60. The minimum Gasteiger partial charge on any atom is -0.421 e. The molecule has 0 radical (unpaired) electrons. The molecule has 0 aliphatic heterocycles. The summed E-state index contributed by atoms with van der Waals surface area (Å²) >= 11 is 0. The Hall–Kier alpha value is 0.274. The van der Waals surface area contributed by atoms with Crippen molar-refractivity contribution in [2.75, 3.05) is 6.54 Å². The third-order valence-electron chi connectivity index (χ3n) is 4.12. The molecule has 0 aliphatic rings. The van der Waals surface area contributed by atoms with Gasteiger partial charge in [0.25, 0.3) is 0 Å². The summed E-state index contributed by atoms with van der Waals surface area (Å²) in [6.07, 6.45) is 2.70. The van der Waals surface area contributed by atoms with Crippen LogP contribution in [0.5, 0.6) is 0 Å². The van der Waals surface area contributed by atoms with Gasteiger partial charge in [0.1, 0.15) is 0 Å². The molecule has 0 fully saturated rings. The molecule has 0 amide bonds. The minimum atomic E-state index is -0.664. The van der Waals surface area contributed by atoms with Crippen molar-refractivity contribution in [1.82, 2.24) is 0 Å². The SMILES string of the molecule is CCC([SiH2]OC(C)C)C(N)(CN)C(CC)[SiH2]OC(C)C. The zero-order valence-corrected chi connectivity index (χ0v) is 17.1. The molecule has 0 aliphatic carbocycles. The molecule has 6 heteroatoms. The van der Waals surface area contributed by atoms with Crippen LogP contribution in [0.1, 0.15) is 54.4 Å². The topological polar surface area (TPSA) is 70.5 Å². The molecule has 2 unspecified atom stereocenters. The summed E-state index contributed by atoms with van der Waals surface area (Å²) in [4.78, 5) is 0. The zero-order chi connectivity index (χ0) is 15.8. The van der Waals surface area contributed by atoms with Crippen molar-refractivity contribution in [2.45, 2.75) is 83.2 Å². The molecule has 0 aromatic rings. The Labute approximate surface area is 130 Å². The van der Waals surface area contributed by atoms with Gasteiger partial charge in [-0.2, -0.15) is 0 Å². The molecule has 0 rings (SSSR count). The van der Waals surface area contributed by atoms with Gasteiger partial charge in [-0.25, -0.2) is 0 Å². The smallest absolute Gasteiger partial charge is 0.166 e. The van der Waals surface area contributed by atoms with Crippen molar-refractivity contribution < 1.29 is 8.85 Å². The molecule has 2 atom stereocenters. The third kappa shape index (κ3) is 6.36. The van der Waals surface area contributed by atoms with Gasteiger partial charge in [-0.05, 0) is 38.8 Å². The molecule has 20 heavy (non-hydrogen) atoms. The van der Waals surface area contributed by atoms with E-state index in [1.165, 1.54) is 0 Å². The number of rotatable bonds is 11. The first-order chi connectivity index (χ1) is 9.31. The highest BCUT2D eigenvalue weighted by Gasteiger charge is 2.40. The van der Waals surface area contributed by atoms with Gasteiger partial charge in [0.2, 0.25) is 0 Å². The van der Waals surface area contributed by atoms with E-state index in [4.69, 9.17) is 20.3 Å². The van der Waals surface area contributed by atoms with E-state index in [0.29, 0.717) is 29.8 Å². The largest absolute Gasteiger partial charge is 0.421 e. The second kappa shape index (κ2) is 10.1. The van der Waals surface area contributed by atoms with Crippen LogP contribution in [0.2, 0.25) is 11.1 Å². The van der Waals surface area contributed by atoms with Crippen molar-refractivity contribution in [1.29, 1.82) is 0 Å². The molecule has 122 valence electrons. The Morgan fingerprint density at radius 3 is 1.45 bits per heavy atom. The first-order valence-corrected chi connectivity index (χ1v) is 10.8. The molecule has 0 saturated heterocycles. The second-order valence-electron chi connectivity index (χ2n) is 6.29. The van der Waals surface area contributed by atoms with Crippen LogP contribution in [0.25, 0.3) is 0 Å². The van der Waals surface area contributed by atoms with Crippen LogP contribution >= 0.6 is 0 Å². The van der Waals surface area contributed by atoms with Gasteiger partial charge < -0.3 is 20.3 Å². The van der Waals surface area contributed by atoms with E-state index < -0.39 is 19.5 Å². The molecule has 0 bridgehead atoms. The molecule has 0 aromatic heterocycles. The molecule has 0 aromatic carbocycles. The molecular formula is C14H36N2O2Si2. The Morgan fingerprint density at radius 2 is 1.25 bits per heavy atom. The van der Waals surface area contributed by atoms with E-state index in [0.717, 1.165) is 12.8 Å². The highest BCUT2D eigenvalue weighted by atomic mass is 28.2. The molecule has 4 N–H and O–H groups in total. The summed E-state index contributed by atoms with van der Waals surface area (Å²) < 4.78 is 11.9. The molecule has 0 saturated carbocycles. The zero-order valence-electron chi connectivity index (χ0n) is 14.3. The monoisotopic (exact) mass is 320 g/mol. The van der Waals surface area contributed by atoms with Crippen LogP contribution in [0, 0.1) is 0 Å². The van der Waals surface area contributed by atoms with Crippen molar-refractivity contribution in [3.8, 4) is 0 Å². The van der Waals surface area contributed by atoms with Crippen molar-refractivity contribution in [2.24, 2.45) is 11.5 Å². The summed E-state index contributed by atoms with van der Waals surface area (Å²) in [6.45, 7) is 13.3. The van der Waals surface area contributed by atoms with Gasteiger partial charge in [0.05, 0.1) is 0 Å². The average Bonchev–Trinajstić information content (AvgIpc) is 2.39. The number of nitrogens with two attached hydrogens (primary N) is 2. The van der Waals surface area contributed by atoms with Gasteiger partial charge in [-0.3, -0.25) is 0 Å². The van der Waals surface area contributed by atoms with Gasteiger partial charge in [-0.15, -0.1) is 0 Å². The highest BCUT2D eigenvalue weighted by Crippen LogP contribution is 2.36. The van der Waals surface area contributed by atoms with E-state index in [1.807, 2.05) is 0 Å². The van der Waals surface area contributed by atoms with Crippen molar-refractivity contribution in [3.05, 3.63) is 0 Å². The lowest BCUT2D eigenvalue weighted by molar-refractivity contribution is 0.221. The Balaban J connectivity index is 4.87. The summed E-state index contributed by atoms with van der Waals surface area (Å²) in [7, 11) is -1.33. The standard InChI is InChI=1S/C14H36N2O2Si2/c1-7-12(19-17-10(3)4)14(16,9-15)13(8-2)20-18-11(5)6/h10-13H,7-9,15-16,19-20H2,1-6H3. The summed E-state index contributed by atoms with van der Waals surface area (Å²) in [5, 5.41) is 0. The Bertz CT molecular complexity index is 233. The van der Waals surface area contributed by atoms with Crippen LogP contribution in [-0.4, -0.2) is 43.8 Å². The molecule has 0 spiro atoms. The van der Waals surface area contributed by atoms with E-state index >= 15 is 0 Å². The third-order valence-corrected chi connectivity index (χ3v) is 9.32. The number of hydrogen-bond acceptors (Lipinski definition) is 4. The maximum absolute atomic E-state index is 6.76. The highest BCUT2D eigenvalue weighted by molar-refractivity contribution is 6.33. The first-order valence-electron chi connectivity index (χ1n) is 8.03. The van der Waals surface area contributed by atoms with Crippen molar-refractivity contribution >= 4 is 19.5 Å². The molecule has 0 heterocycles. The van der Waals surface area contributed by atoms with Crippen molar-refractivity contribution in [3.63, 3.8) is 0 Å². The quantitative estimate of drug-likeness (QED) is 0.558. The van der Waals surface area contributed by atoms with E-state index in [1.54, 1.807) is 0 Å². The van der Waals surface area contributed by atoms with Crippen LogP contribution in [0.3, 0.4) is 0 Å². The van der Waals surface area contributed by atoms with E-state index in [-0.39, 0.29) is 5.54 Å². The van der Waals surface area contributed by atoms with Gasteiger partial charge in [0.15, 0.2) is 19.5 Å². The Kier molecular flexibility index (Phi) is 10.2. The summed E-state index contributed by atoms with van der Waals surface area (Å²) in [6, 6.07) is 0. The summed E-state index contributed by atoms with van der Waals surface area (Å²) in [5.41, 5.74) is 13.4. The van der Waals surface area contributed by atoms with E-state index in [9.17, 15) is 0 Å². The lowest BCUT2D eigenvalue weighted by Crippen LogP contribution is -2.57. The predicted octanol–water partition coefficient (Wildman–Crippen LogP) is 1.06. The predicted molar refractivity (Wildman–Crippen MR) is 93.6 cm³/mol. The fraction of sp³-hybridized carbons (Fsp3) is 1.00. The lowest BCUT2D eigenvalue weighted by atomic mass is 9.88.